The lowest BCUT2D eigenvalue weighted by Gasteiger charge is -2.18. The Morgan fingerprint density at radius 3 is 2.84 bits per heavy atom. The number of aromatic amines is 1. The van der Waals surface area contributed by atoms with Crippen molar-refractivity contribution >= 4 is 11.6 Å². The Kier molecular flexibility index (Phi) is 3.63. The maximum Gasteiger partial charge on any atom is 0.285 e. The van der Waals surface area contributed by atoms with Crippen LogP contribution in [-0.2, 0) is 0 Å². The predicted molar refractivity (Wildman–Crippen MR) is 92.5 cm³/mol. The van der Waals surface area contributed by atoms with Crippen LogP contribution in [0.3, 0.4) is 0 Å². The van der Waals surface area contributed by atoms with E-state index in [2.05, 4.69) is 20.4 Å². The molecule has 3 heterocycles. The summed E-state index contributed by atoms with van der Waals surface area (Å²) in [5.41, 5.74) is 2.86. The van der Waals surface area contributed by atoms with Gasteiger partial charge < -0.3 is 5.32 Å². The Morgan fingerprint density at radius 1 is 1.32 bits per heavy atom. The van der Waals surface area contributed by atoms with Gasteiger partial charge in [-0.1, -0.05) is 0 Å². The summed E-state index contributed by atoms with van der Waals surface area (Å²) in [4.78, 5) is 33.9. The first-order chi connectivity index (χ1) is 12.0. The monoisotopic (exact) mass is 337 g/mol. The minimum Gasteiger partial charge on any atom is -0.343 e. The fourth-order valence-corrected chi connectivity index (χ4v) is 3.05. The molecule has 2 N–H and O–H groups in total. The van der Waals surface area contributed by atoms with Crippen LogP contribution >= 0.6 is 0 Å². The number of nitrogens with one attached hydrogen (secondary N) is 2. The van der Waals surface area contributed by atoms with Crippen LogP contribution in [0.4, 0.5) is 0 Å². The van der Waals surface area contributed by atoms with Crippen molar-refractivity contribution in [3.05, 3.63) is 63.5 Å². The Morgan fingerprint density at radius 2 is 2.12 bits per heavy atom. The van der Waals surface area contributed by atoms with Crippen molar-refractivity contribution in [2.24, 2.45) is 5.92 Å². The highest BCUT2D eigenvalue weighted by atomic mass is 16.2. The highest BCUT2D eigenvalue weighted by Gasteiger charge is 2.35. The summed E-state index contributed by atoms with van der Waals surface area (Å²) in [5, 5.41) is 5.88. The number of aryl methyl sites for hydroxylation is 2. The molecular weight excluding hydrogens is 318 g/mol. The topological polar surface area (TPSA) is 92.2 Å². The van der Waals surface area contributed by atoms with Gasteiger partial charge in [-0.25, -0.2) is 9.50 Å². The van der Waals surface area contributed by atoms with Gasteiger partial charge >= 0.3 is 0 Å². The van der Waals surface area contributed by atoms with Crippen molar-refractivity contribution in [1.82, 2.24) is 24.9 Å². The summed E-state index contributed by atoms with van der Waals surface area (Å²) in [6, 6.07) is 5.48. The molecule has 3 aromatic rings. The number of carbonyl (C=O) groups is 1. The number of hydrogen-bond acceptors (Lipinski definition) is 4. The van der Waals surface area contributed by atoms with Crippen LogP contribution in [0.5, 0.6) is 0 Å². The third-order valence-electron chi connectivity index (χ3n) is 4.50. The zero-order chi connectivity index (χ0) is 17.6. The molecule has 1 fully saturated rings. The molecule has 0 radical (unpaired) electrons. The van der Waals surface area contributed by atoms with E-state index in [0.29, 0.717) is 11.6 Å². The molecule has 0 spiro atoms. The van der Waals surface area contributed by atoms with Gasteiger partial charge in [-0.2, -0.15) is 0 Å². The van der Waals surface area contributed by atoms with Crippen LogP contribution < -0.4 is 10.9 Å². The Hall–Kier alpha value is -2.96. The molecule has 7 heteroatoms. The maximum atomic E-state index is 12.7. The lowest BCUT2D eigenvalue weighted by Crippen LogP contribution is -2.35. The van der Waals surface area contributed by atoms with Crippen molar-refractivity contribution in [3.8, 4) is 0 Å². The van der Waals surface area contributed by atoms with E-state index in [1.165, 1.54) is 10.7 Å². The standard InChI is InChI=1S/C18H19N5O2/c1-10-5-6-19-14(7-10)16(12-3-4-12)21-17(24)13-9-20-15-8-11(2)22-23(15)18(13)25/h5-9,12,16,22H,3-4H2,1-2H3,(H,21,24). The Labute approximate surface area is 144 Å². The maximum absolute atomic E-state index is 12.7. The number of H-pyrrole nitrogens is 1. The number of amides is 1. The van der Waals surface area contributed by atoms with E-state index in [0.717, 1.165) is 29.8 Å². The number of pyridine rings is 1. The van der Waals surface area contributed by atoms with E-state index in [1.54, 1.807) is 12.3 Å². The van der Waals surface area contributed by atoms with Gasteiger partial charge in [-0.3, -0.25) is 19.7 Å². The largest absolute Gasteiger partial charge is 0.343 e. The summed E-state index contributed by atoms with van der Waals surface area (Å²) < 4.78 is 1.29. The first kappa shape index (κ1) is 15.6. The number of fused-ring (bicyclic) bond motifs is 1. The Balaban J connectivity index is 1.66. The molecule has 4 rings (SSSR count). The van der Waals surface area contributed by atoms with Crippen LogP contribution in [0.25, 0.3) is 5.65 Å². The molecule has 1 aliphatic carbocycles. The zero-order valence-corrected chi connectivity index (χ0v) is 14.1. The van der Waals surface area contributed by atoms with Crippen molar-refractivity contribution < 1.29 is 4.79 Å². The third kappa shape index (κ3) is 2.93. The van der Waals surface area contributed by atoms with Gasteiger partial charge in [0.1, 0.15) is 5.56 Å². The number of nitrogens with zero attached hydrogens (tertiary/aromatic N) is 3. The van der Waals surface area contributed by atoms with E-state index in [4.69, 9.17) is 0 Å². The van der Waals surface area contributed by atoms with E-state index in [1.807, 2.05) is 26.0 Å². The summed E-state index contributed by atoms with van der Waals surface area (Å²) in [6.07, 6.45) is 5.18. The number of hydrogen-bond donors (Lipinski definition) is 2. The minimum atomic E-state index is -0.417. The summed E-state index contributed by atoms with van der Waals surface area (Å²) in [7, 11) is 0. The average Bonchev–Trinajstić information content (AvgIpc) is 3.34. The fourth-order valence-electron chi connectivity index (χ4n) is 3.05. The Bertz CT molecular complexity index is 1020. The molecule has 7 nitrogen and oxygen atoms in total. The summed E-state index contributed by atoms with van der Waals surface area (Å²) >= 11 is 0. The smallest absolute Gasteiger partial charge is 0.285 e. The number of rotatable bonds is 4. The number of carbonyl (C=O) groups excluding carboxylic acids is 1. The van der Waals surface area contributed by atoms with Gasteiger partial charge in [-0.05, 0) is 50.3 Å². The van der Waals surface area contributed by atoms with Crippen LogP contribution in [0.15, 0.2) is 35.4 Å². The second kappa shape index (κ2) is 5.84. The highest BCUT2D eigenvalue weighted by Crippen LogP contribution is 2.40. The molecule has 128 valence electrons. The van der Waals surface area contributed by atoms with Crippen LogP contribution in [0.2, 0.25) is 0 Å². The van der Waals surface area contributed by atoms with Crippen LogP contribution in [-0.4, -0.2) is 25.5 Å². The van der Waals surface area contributed by atoms with Crippen molar-refractivity contribution in [2.45, 2.75) is 32.7 Å². The first-order valence-electron chi connectivity index (χ1n) is 8.34. The van der Waals surface area contributed by atoms with Gasteiger partial charge in [0.05, 0.1) is 11.7 Å². The van der Waals surface area contributed by atoms with Gasteiger partial charge in [-0.15, -0.1) is 0 Å². The molecule has 0 saturated heterocycles. The predicted octanol–water partition coefficient (Wildman–Crippen LogP) is 1.92. The van der Waals surface area contributed by atoms with Crippen molar-refractivity contribution in [3.63, 3.8) is 0 Å². The molecule has 1 saturated carbocycles. The highest BCUT2D eigenvalue weighted by molar-refractivity contribution is 5.94. The lowest BCUT2D eigenvalue weighted by atomic mass is 10.1. The SMILES string of the molecule is Cc1ccnc(C(NC(=O)c2cnc3cc(C)[nH]n3c2=O)C2CC2)c1. The normalized spacial score (nSPS) is 15.3. The molecule has 0 aliphatic heterocycles. The minimum absolute atomic E-state index is 0.0256. The van der Waals surface area contributed by atoms with Gasteiger partial charge in [0, 0.05) is 24.2 Å². The quantitative estimate of drug-likeness (QED) is 0.761. The van der Waals surface area contributed by atoms with Crippen LogP contribution in [0.1, 0.15) is 46.2 Å². The fraction of sp³-hybridized carbons (Fsp3) is 0.333. The molecule has 0 bridgehead atoms. The van der Waals surface area contributed by atoms with E-state index < -0.39 is 11.5 Å². The van der Waals surface area contributed by atoms with Gasteiger partial charge in [0.15, 0.2) is 5.65 Å². The third-order valence-corrected chi connectivity index (χ3v) is 4.50. The molecule has 1 amide bonds. The van der Waals surface area contributed by atoms with E-state index in [9.17, 15) is 9.59 Å². The molecule has 1 unspecified atom stereocenters. The van der Waals surface area contributed by atoms with E-state index in [-0.39, 0.29) is 11.6 Å². The summed E-state index contributed by atoms with van der Waals surface area (Å²) in [5.74, 6) is -0.0511. The average molecular weight is 337 g/mol. The van der Waals surface area contributed by atoms with E-state index >= 15 is 0 Å². The molecular formula is C18H19N5O2. The van der Waals surface area contributed by atoms with Crippen LogP contribution in [0, 0.1) is 19.8 Å². The first-order valence-corrected chi connectivity index (χ1v) is 8.34. The molecule has 0 aromatic carbocycles. The summed E-state index contributed by atoms with van der Waals surface area (Å²) in [6.45, 7) is 3.83. The molecule has 25 heavy (non-hydrogen) atoms. The van der Waals surface area contributed by atoms with Gasteiger partial charge in [0.2, 0.25) is 0 Å². The second-order valence-corrected chi connectivity index (χ2v) is 6.66. The zero-order valence-electron chi connectivity index (χ0n) is 14.1. The lowest BCUT2D eigenvalue weighted by molar-refractivity contribution is 0.0928. The number of aromatic nitrogens is 4. The molecule has 3 aromatic heterocycles. The van der Waals surface area contributed by atoms with Crippen molar-refractivity contribution in [1.29, 1.82) is 0 Å². The van der Waals surface area contributed by atoms with Gasteiger partial charge in [0.25, 0.3) is 11.5 Å². The second-order valence-electron chi connectivity index (χ2n) is 6.66. The molecule has 1 atom stereocenters. The van der Waals surface area contributed by atoms with Crippen molar-refractivity contribution in [2.75, 3.05) is 0 Å². The molecule has 1 aliphatic rings.